The summed E-state index contributed by atoms with van der Waals surface area (Å²) < 4.78 is 8.57. The van der Waals surface area contributed by atoms with Crippen molar-refractivity contribution in [2.75, 3.05) is 0 Å². The summed E-state index contributed by atoms with van der Waals surface area (Å²) in [6, 6.07) is 6.27. The quantitative estimate of drug-likeness (QED) is 0.815. The molecule has 4 bridgehead atoms. The molecular formula is C16H20N2O. The van der Waals surface area contributed by atoms with Gasteiger partial charge in [0.25, 0.3) is 0 Å². The maximum atomic E-state index is 9.23. The lowest BCUT2D eigenvalue weighted by Crippen LogP contribution is -2.56. The molecule has 2 aliphatic heterocycles. The van der Waals surface area contributed by atoms with Crippen LogP contribution in [0.2, 0.25) is 0 Å². The van der Waals surface area contributed by atoms with Gasteiger partial charge < -0.3 is 9.30 Å². The van der Waals surface area contributed by atoms with Crippen molar-refractivity contribution in [3.8, 4) is 6.07 Å². The molecule has 4 fully saturated rings. The summed E-state index contributed by atoms with van der Waals surface area (Å²) in [5, 5.41) is 9.23. The van der Waals surface area contributed by atoms with Crippen LogP contribution in [0.1, 0.15) is 43.5 Å². The van der Waals surface area contributed by atoms with Crippen LogP contribution >= 0.6 is 0 Å². The normalized spacial score (nSPS) is 39.5. The van der Waals surface area contributed by atoms with Gasteiger partial charge in [-0.15, -0.1) is 0 Å². The Labute approximate surface area is 114 Å². The first-order valence-corrected chi connectivity index (χ1v) is 7.41. The molecule has 0 spiro atoms. The zero-order valence-corrected chi connectivity index (χ0v) is 11.4. The Kier molecular flexibility index (Phi) is 2.35. The van der Waals surface area contributed by atoms with Crippen LogP contribution in [0.15, 0.2) is 12.1 Å². The largest absolute Gasteiger partial charge is 0.370 e. The molecule has 0 aromatic carbocycles. The third-order valence-electron chi connectivity index (χ3n) is 5.36. The predicted molar refractivity (Wildman–Crippen MR) is 71.6 cm³/mol. The zero-order chi connectivity index (χ0) is 13.0. The van der Waals surface area contributed by atoms with Crippen molar-refractivity contribution in [1.82, 2.24) is 4.57 Å². The average Bonchev–Trinajstić information content (AvgIpc) is 2.68. The van der Waals surface area contributed by atoms with Crippen molar-refractivity contribution in [1.29, 1.82) is 5.26 Å². The smallest absolute Gasteiger partial charge is 0.120 e. The Balaban J connectivity index is 1.66. The molecule has 2 saturated carbocycles. The maximum absolute atomic E-state index is 9.23. The summed E-state index contributed by atoms with van der Waals surface area (Å²) in [6.45, 7) is 2.96. The van der Waals surface area contributed by atoms with Crippen molar-refractivity contribution < 1.29 is 4.74 Å². The van der Waals surface area contributed by atoms with Gasteiger partial charge in [0.1, 0.15) is 11.8 Å². The molecule has 100 valence electrons. The fraction of sp³-hybridized carbons (Fsp3) is 0.688. The van der Waals surface area contributed by atoms with Crippen LogP contribution in [0.25, 0.3) is 0 Å². The van der Waals surface area contributed by atoms with Crippen LogP contribution in [-0.2, 0) is 11.3 Å². The summed E-state index contributed by atoms with van der Waals surface area (Å²) in [4.78, 5) is 0. The molecule has 2 saturated heterocycles. The molecule has 2 unspecified atom stereocenters. The van der Waals surface area contributed by atoms with E-state index in [2.05, 4.69) is 17.6 Å². The lowest BCUT2D eigenvalue weighted by Gasteiger charge is -2.56. The van der Waals surface area contributed by atoms with Gasteiger partial charge in [0.15, 0.2) is 0 Å². The van der Waals surface area contributed by atoms with Gasteiger partial charge in [-0.1, -0.05) is 0 Å². The number of aryl methyl sites for hydroxylation is 1. The van der Waals surface area contributed by atoms with Gasteiger partial charge in [0.05, 0.1) is 18.2 Å². The van der Waals surface area contributed by atoms with Crippen LogP contribution in [0, 0.1) is 30.1 Å². The Morgan fingerprint density at radius 1 is 1.32 bits per heavy atom. The van der Waals surface area contributed by atoms with Crippen LogP contribution in [-0.4, -0.2) is 16.3 Å². The van der Waals surface area contributed by atoms with Crippen molar-refractivity contribution >= 4 is 0 Å². The van der Waals surface area contributed by atoms with Gasteiger partial charge in [0.2, 0.25) is 0 Å². The third kappa shape index (κ3) is 1.74. The van der Waals surface area contributed by atoms with Gasteiger partial charge in [-0.25, -0.2) is 0 Å². The molecule has 3 heterocycles. The van der Waals surface area contributed by atoms with Crippen LogP contribution < -0.4 is 0 Å². The summed E-state index contributed by atoms with van der Waals surface area (Å²) in [5.41, 5.74) is 1.97. The first-order chi connectivity index (χ1) is 9.17. The lowest BCUT2D eigenvalue weighted by molar-refractivity contribution is -0.225. The van der Waals surface area contributed by atoms with E-state index in [9.17, 15) is 5.26 Å². The van der Waals surface area contributed by atoms with Crippen LogP contribution in [0.4, 0.5) is 0 Å². The van der Waals surface area contributed by atoms with Crippen molar-refractivity contribution in [3.05, 3.63) is 23.5 Å². The highest BCUT2D eigenvalue weighted by Gasteiger charge is 2.52. The molecule has 5 rings (SSSR count). The van der Waals surface area contributed by atoms with E-state index in [1.807, 2.05) is 12.1 Å². The monoisotopic (exact) mass is 256 g/mol. The maximum Gasteiger partial charge on any atom is 0.120 e. The molecule has 1 aromatic rings. The number of nitriles is 1. The second-order valence-corrected chi connectivity index (χ2v) is 6.83. The number of nitrogens with zero attached hydrogens (tertiary/aromatic N) is 2. The summed E-state index contributed by atoms with van der Waals surface area (Å²) in [5.74, 6) is 1.74. The molecule has 19 heavy (non-hydrogen) atoms. The minimum atomic E-state index is 0.0180. The summed E-state index contributed by atoms with van der Waals surface area (Å²) in [7, 11) is 0. The highest BCUT2D eigenvalue weighted by molar-refractivity contribution is 5.27. The summed E-state index contributed by atoms with van der Waals surface area (Å²) in [6.07, 6.45) is 6.84. The van der Waals surface area contributed by atoms with E-state index in [0.717, 1.165) is 24.1 Å². The Bertz CT molecular complexity index is 516. The fourth-order valence-corrected chi connectivity index (χ4v) is 4.85. The number of hydrogen-bond acceptors (Lipinski definition) is 2. The molecule has 0 amide bonds. The van der Waals surface area contributed by atoms with Crippen LogP contribution in [0.5, 0.6) is 0 Å². The first-order valence-electron chi connectivity index (χ1n) is 7.41. The van der Waals surface area contributed by atoms with E-state index < -0.39 is 0 Å². The Morgan fingerprint density at radius 2 is 2.05 bits per heavy atom. The number of hydrogen-bond donors (Lipinski definition) is 0. The van der Waals surface area contributed by atoms with Gasteiger partial charge in [-0.2, -0.15) is 5.26 Å². The molecule has 0 N–H and O–H groups in total. The predicted octanol–water partition coefficient (Wildman–Crippen LogP) is 3.02. The molecule has 2 atom stereocenters. The van der Waals surface area contributed by atoms with Gasteiger partial charge >= 0.3 is 0 Å². The molecule has 0 radical (unpaired) electrons. The SMILES string of the molecule is Cc1ccc(C#N)n1CC12CC3CC(CC(C3)O1)C2. The first kappa shape index (κ1) is 11.5. The Morgan fingerprint density at radius 3 is 2.68 bits per heavy atom. The van der Waals surface area contributed by atoms with E-state index in [1.165, 1.54) is 37.8 Å². The summed E-state index contributed by atoms with van der Waals surface area (Å²) >= 11 is 0. The molecule has 4 aliphatic rings. The number of rotatable bonds is 2. The third-order valence-corrected chi connectivity index (χ3v) is 5.36. The second-order valence-electron chi connectivity index (χ2n) is 6.83. The minimum absolute atomic E-state index is 0.0180. The minimum Gasteiger partial charge on any atom is -0.370 e. The van der Waals surface area contributed by atoms with E-state index in [0.29, 0.717) is 6.10 Å². The topological polar surface area (TPSA) is 38.0 Å². The number of aromatic nitrogens is 1. The van der Waals surface area contributed by atoms with E-state index >= 15 is 0 Å². The molecule has 2 aliphatic carbocycles. The van der Waals surface area contributed by atoms with Gasteiger partial charge in [-0.05, 0) is 63.0 Å². The van der Waals surface area contributed by atoms with E-state index in [-0.39, 0.29) is 5.60 Å². The highest BCUT2D eigenvalue weighted by Crippen LogP contribution is 2.53. The highest BCUT2D eigenvalue weighted by atomic mass is 16.5. The molecule has 3 nitrogen and oxygen atoms in total. The molecular weight excluding hydrogens is 236 g/mol. The van der Waals surface area contributed by atoms with Gasteiger partial charge in [-0.3, -0.25) is 0 Å². The molecule has 1 aromatic heterocycles. The molecule has 3 heteroatoms. The van der Waals surface area contributed by atoms with E-state index in [1.54, 1.807) is 0 Å². The van der Waals surface area contributed by atoms with Gasteiger partial charge in [0, 0.05) is 5.69 Å². The lowest BCUT2D eigenvalue weighted by atomic mass is 9.62. The average molecular weight is 256 g/mol. The zero-order valence-electron chi connectivity index (χ0n) is 11.4. The second kappa shape index (κ2) is 3.86. The van der Waals surface area contributed by atoms with Crippen molar-refractivity contribution in [2.45, 2.75) is 57.3 Å². The number of ether oxygens (including phenoxy) is 1. The fourth-order valence-electron chi connectivity index (χ4n) is 4.85. The van der Waals surface area contributed by atoms with Crippen molar-refractivity contribution in [3.63, 3.8) is 0 Å². The van der Waals surface area contributed by atoms with Crippen LogP contribution in [0.3, 0.4) is 0 Å². The van der Waals surface area contributed by atoms with E-state index in [4.69, 9.17) is 4.74 Å². The standard InChI is InChI=1S/C16H20N2O/c1-11-2-3-14(9-17)18(11)10-16-7-12-4-13(8-16)6-15(5-12)19-16/h2-3,12-13,15H,4-8,10H2,1H3. The van der Waals surface area contributed by atoms with Crippen molar-refractivity contribution in [2.24, 2.45) is 11.8 Å². The Hall–Kier alpha value is -1.27.